The highest BCUT2D eigenvalue weighted by Gasteiger charge is 2.36. The molecule has 0 aromatic rings. The molecule has 3 aliphatic rings. The van der Waals surface area contributed by atoms with Gasteiger partial charge in [0.25, 0.3) is 10.2 Å². The lowest BCUT2D eigenvalue weighted by molar-refractivity contribution is 0.271. The van der Waals surface area contributed by atoms with Gasteiger partial charge in [-0.3, -0.25) is 0 Å². The van der Waals surface area contributed by atoms with E-state index in [9.17, 15) is 8.42 Å². The Morgan fingerprint density at radius 2 is 1.84 bits per heavy atom. The largest absolute Gasteiger partial charge is 0.311 e. The highest BCUT2D eigenvalue weighted by atomic mass is 32.2. The lowest BCUT2D eigenvalue weighted by atomic mass is 10.0. The SMILES string of the molecule is CC1CCCN(S(=O)(=O)NC2CC3CCC(C2)N3)C1. The van der Waals surface area contributed by atoms with Crippen molar-refractivity contribution in [2.75, 3.05) is 13.1 Å². The van der Waals surface area contributed by atoms with Crippen LogP contribution in [0.4, 0.5) is 0 Å². The molecular weight excluding hydrogens is 262 g/mol. The Bertz CT molecular complexity index is 414. The average molecular weight is 287 g/mol. The summed E-state index contributed by atoms with van der Waals surface area (Å²) in [4.78, 5) is 0. The summed E-state index contributed by atoms with van der Waals surface area (Å²) in [6.45, 7) is 3.48. The molecule has 0 spiro atoms. The minimum Gasteiger partial charge on any atom is -0.311 e. The summed E-state index contributed by atoms with van der Waals surface area (Å²) in [5.41, 5.74) is 0. The molecule has 3 atom stereocenters. The Balaban J connectivity index is 1.61. The molecule has 2 N–H and O–H groups in total. The first-order valence-electron chi connectivity index (χ1n) is 7.56. The van der Waals surface area contributed by atoms with Crippen LogP contribution in [0.25, 0.3) is 0 Å². The number of rotatable bonds is 3. The normalized spacial score (nSPS) is 40.5. The zero-order valence-corrected chi connectivity index (χ0v) is 12.5. The molecule has 0 aromatic carbocycles. The zero-order valence-electron chi connectivity index (χ0n) is 11.6. The summed E-state index contributed by atoms with van der Waals surface area (Å²) < 4.78 is 29.4. The summed E-state index contributed by atoms with van der Waals surface area (Å²) in [6, 6.07) is 1.17. The maximum atomic E-state index is 12.4. The highest BCUT2D eigenvalue weighted by Crippen LogP contribution is 2.27. The molecule has 0 radical (unpaired) electrons. The maximum absolute atomic E-state index is 12.4. The molecule has 19 heavy (non-hydrogen) atoms. The number of nitrogens with one attached hydrogen (secondary N) is 2. The molecule has 5 nitrogen and oxygen atoms in total. The van der Waals surface area contributed by atoms with E-state index >= 15 is 0 Å². The first-order chi connectivity index (χ1) is 9.03. The van der Waals surface area contributed by atoms with Crippen molar-refractivity contribution >= 4 is 10.2 Å². The van der Waals surface area contributed by atoms with Gasteiger partial charge in [-0.05, 0) is 44.4 Å². The van der Waals surface area contributed by atoms with Crippen LogP contribution in [-0.4, -0.2) is 43.9 Å². The van der Waals surface area contributed by atoms with Crippen molar-refractivity contribution in [2.24, 2.45) is 5.92 Å². The molecule has 0 saturated carbocycles. The number of nitrogens with zero attached hydrogens (tertiary/aromatic N) is 1. The molecule has 3 heterocycles. The highest BCUT2D eigenvalue weighted by molar-refractivity contribution is 7.87. The summed E-state index contributed by atoms with van der Waals surface area (Å²) in [6.07, 6.45) is 6.41. The van der Waals surface area contributed by atoms with E-state index in [2.05, 4.69) is 17.0 Å². The number of fused-ring (bicyclic) bond motifs is 2. The summed E-state index contributed by atoms with van der Waals surface area (Å²) in [7, 11) is -3.28. The van der Waals surface area contributed by atoms with Gasteiger partial charge in [0.05, 0.1) is 0 Å². The molecule has 3 rings (SSSR count). The van der Waals surface area contributed by atoms with E-state index in [4.69, 9.17) is 0 Å². The third kappa shape index (κ3) is 3.12. The smallest absolute Gasteiger partial charge is 0.279 e. The Labute approximate surface area is 116 Å². The van der Waals surface area contributed by atoms with E-state index in [1.54, 1.807) is 4.31 Å². The van der Waals surface area contributed by atoms with Crippen LogP contribution in [0.1, 0.15) is 45.4 Å². The van der Waals surface area contributed by atoms with Gasteiger partial charge in [0, 0.05) is 31.2 Å². The lowest BCUT2D eigenvalue weighted by Crippen LogP contribution is -2.53. The van der Waals surface area contributed by atoms with Gasteiger partial charge in [0.1, 0.15) is 0 Å². The minimum atomic E-state index is -3.28. The second-order valence-corrected chi connectivity index (χ2v) is 8.24. The van der Waals surface area contributed by atoms with Gasteiger partial charge in [-0.1, -0.05) is 6.92 Å². The van der Waals surface area contributed by atoms with E-state index in [1.165, 1.54) is 12.8 Å². The Morgan fingerprint density at radius 3 is 2.47 bits per heavy atom. The summed E-state index contributed by atoms with van der Waals surface area (Å²) in [5.74, 6) is 0.481. The van der Waals surface area contributed by atoms with Crippen molar-refractivity contribution in [3.05, 3.63) is 0 Å². The van der Waals surface area contributed by atoms with Crippen LogP contribution in [0, 0.1) is 5.92 Å². The van der Waals surface area contributed by atoms with E-state index < -0.39 is 10.2 Å². The molecule has 0 amide bonds. The van der Waals surface area contributed by atoms with E-state index in [-0.39, 0.29) is 6.04 Å². The van der Waals surface area contributed by atoms with E-state index in [0.717, 1.165) is 25.7 Å². The summed E-state index contributed by atoms with van der Waals surface area (Å²) in [5, 5.41) is 3.54. The van der Waals surface area contributed by atoms with Gasteiger partial charge in [-0.2, -0.15) is 17.4 Å². The number of hydrogen-bond donors (Lipinski definition) is 2. The van der Waals surface area contributed by atoms with Crippen molar-refractivity contribution in [1.82, 2.24) is 14.3 Å². The molecule has 110 valence electrons. The van der Waals surface area contributed by atoms with Gasteiger partial charge < -0.3 is 5.32 Å². The number of piperidine rings is 2. The van der Waals surface area contributed by atoms with Gasteiger partial charge >= 0.3 is 0 Å². The molecule has 6 heteroatoms. The predicted octanol–water partition coefficient (Wildman–Crippen LogP) is 0.836. The standard InChI is InChI=1S/C13H25N3O2S/c1-10-3-2-6-16(9-10)19(17,18)15-13-7-11-4-5-12(8-13)14-11/h10-15H,2-9H2,1H3. The topological polar surface area (TPSA) is 61.4 Å². The van der Waals surface area contributed by atoms with Crippen LogP contribution >= 0.6 is 0 Å². The third-order valence-corrected chi connectivity index (χ3v) is 6.39. The van der Waals surface area contributed by atoms with Crippen LogP contribution in [-0.2, 0) is 10.2 Å². The lowest BCUT2D eigenvalue weighted by Gasteiger charge is -2.34. The Morgan fingerprint density at radius 1 is 1.16 bits per heavy atom. The van der Waals surface area contributed by atoms with Crippen molar-refractivity contribution in [3.63, 3.8) is 0 Å². The van der Waals surface area contributed by atoms with Gasteiger partial charge in [0.2, 0.25) is 0 Å². The minimum absolute atomic E-state index is 0.126. The molecular formula is C13H25N3O2S. The van der Waals surface area contributed by atoms with Crippen molar-refractivity contribution in [2.45, 2.75) is 63.6 Å². The predicted molar refractivity (Wildman–Crippen MR) is 75.0 cm³/mol. The van der Waals surface area contributed by atoms with Crippen molar-refractivity contribution < 1.29 is 8.42 Å². The van der Waals surface area contributed by atoms with Crippen molar-refractivity contribution in [1.29, 1.82) is 0 Å². The molecule has 3 unspecified atom stereocenters. The summed E-state index contributed by atoms with van der Waals surface area (Å²) >= 11 is 0. The Kier molecular flexibility index (Phi) is 3.86. The van der Waals surface area contributed by atoms with Crippen molar-refractivity contribution in [3.8, 4) is 0 Å². The molecule has 2 bridgehead atoms. The monoisotopic (exact) mass is 287 g/mol. The van der Waals surface area contributed by atoms with Crippen LogP contribution < -0.4 is 10.0 Å². The maximum Gasteiger partial charge on any atom is 0.279 e. The first kappa shape index (κ1) is 13.8. The first-order valence-corrected chi connectivity index (χ1v) is 9.00. The van der Waals surface area contributed by atoms with Crippen LogP contribution in [0.2, 0.25) is 0 Å². The Hall–Kier alpha value is -0.170. The quantitative estimate of drug-likeness (QED) is 0.808. The number of hydrogen-bond acceptors (Lipinski definition) is 3. The fourth-order valence-electron chi connectivity index (χ4n) is 3.80. The van der Waals surface area contributed by atoms with Gasteiger partial charge in [-0.25, -0.2) is 0 Å². The van der Waals surface area contributed by atoms with E-state index in [0.29, 0.717) is 31.1 Å². The molecule has 3 saturated heterocycles. The molecule has 3 fully saturated rings. The molecule has 0 aromatic heterocycles. The van der Waals surface area contributed by atoms with Crippen LogP contribution in [0.15, 0.2) is 0 Å². The third-order valence-electron chi connectivity index (χ3n) is 4.75. The second kappa shape index (κ2) is 5.31. The van der Waals surface area contributed by atoms with Gasteiger partial charge in [-0.15, -0.1) is 0 Å². The zero-order chi connectivity index (χ0) is 13.5. The molecule has 0 aliphatic carbocycles. The molecule has 3 aliphatic heterocycles. The van der Waals surface area contributed by atoms with E-state index in [1.807, 2.05) is 0 Å². The van der Waals surface area contributed by atoms with Gasteiger partial charge in [0.15, 0.2) is 0 Å². The van der Waals surface area contributed by atoms with Crippen LogP contribution in [0.5, 0.6) is 0 Å². The van der Waals surface area contributed by atoms with Crippen LogP contribution in [0.3, 0.4) is 0 Å². The average Bonchev–Trinajstić information content (AvgIpc) is 2.68. The fraction of sp³-hybridized carbons (Fsp3) is 1.00. The fourth-order valence-corrected chi connectivity index (χ4v) is 5.39. The second-order valence-electron chi connectivity index (χ2n) is 6.53.